The number of hydrogen-bond acceptors (Lipinski definition) is 8. The van der Waals surface area contributed by atoms with Crippen LogP contribution in [0.15, 0.2) is 47.4 Å². The fourth-order valence-corrected chi connectivity index (χ4v) is 4.36. The Labute approximate surface area is 203 Å². The highest BCUT2D eigenvalue weighted by molar-refractivity contribution is 5.75. The van der Waals surface area contributed by atoms with Gasteiger partial charge in [0.1, 0.15) is 6.54 Å². The van der Waals surface area contributed by atoms with E-state index in [1.807, 2.05) is 6.92 Å². The van der Waals surface area contributed by atoms with Gasteiger partial charge < -0.3 is 15.2 Å². The predicted molar refractivity (Wildman–Crippen MR) is 130 cm³/mol. The summed E-state index contributed by atoms with van der Waals surface area (Å²) < 4.78 is 7.22. The van der Waals surface area contributed by atoms with Gasteiger partial charge in [-0.25, -0.2) is 9.97 Å². The van der Waals surface area contributed by atoms with Crippen LogP contribution >= 0.6 is 0 Å². The average molecular weight is 473 g/mol. The second-order valence-corrected chi connectivity index (χ2v) is 9.42. The van der Waals surface area contributed by atoms with Crippen molar-refractivity contribution in [2.45, 2.75) is 38.6 Å². The van der Waals surface area contributed by atoms with Gasteiger partial charge in [0.05, 0.1) is 22.9 Å². The average Bonchev–Trinajstić information content (AvgIpc) is 3.39. The van der Waals surface area contributed by atoms with Gasteiger partial charge in [0.25, 0.3) is 5.89 Å². The first-order chi connectivity index (χ1) is 16.8. The molecule has 1 fully saturated rings. The number of benzene rings is 1. The Bertz CT molecular complexity index is 1370. The third-order valence-electron chi connectivity index (χ3n) is 6.75. The molecule has 0 radical (unpaired) electrons. The van der Waals surface area contributed by atoms with Gasteiger partial charge in [-0.2, -0.15) is 10.1 Å². The first-order valence-electron chi connectivity index (χ1n) is 11.5. The highest BCUT2D eigenvalue weighted by atomic mass is 16.5. The number of likely N-dealkylation sites (N-methyl/N-ethyl adjacent to an activating group) is 1. The van der Waals surface area contributed by atoms with Crippen molar-refractivity contribution in [3.05, 3.63) is 59.9 Å². The molecular weight excluding hydrogens is 444 g/mol. The number of anilines is 1. The summed E-state index contributed by atoms with van der Waals surface area (Å²) in [4.78, 5) is 26.7. The number of nitrogen functional groups attached to an aromatic ring is 1. The molecule has 2 N–H and O–H groups in total. The van der Waals surface area contributed by atoms with E-state index in [4.69, 9.17) is 15.2 Å². The summed E-state index contributed by atoms with van der Waals surface area (Å²) >= 11 is 0. The van der Waals surface area contributed by atoms with Crippen molar-refractivity contribution in [2.75, 3.05) is 19.8 Å². The zero-order chi connectivity index (χ0) is 24.7. The second kappa shape index (κ2) is 8.61. The monoisotopic (exact) mass is 472 g/mol. The van der Waals surface area contributed by atoms with Crippen molar-refractivity contribution >= 4 is 11.9 Å². The van der Waals surface area contributed by atoms with Crippen molar-refractivity contribution in [3.8, 4) is 22.6 Å². The molecule has 0 unspecified atom stereocenters. The highest BCUT2D eigenvalue weighted by Crippen LogP contribution is 2.50. The van der Waals surface area contributed by atoms with Crippen LogP contribution in [-0.2, 0) is 16.8 Å². The molecule has 1 amide bonds. The van der Waals surface area contributed by atoms with E-state index in [2.05, 4.69) is 51.4 Å². The molecular formula is C25H28N8O2. The topological polar surface area (TPSA) is 129 Å². The van der Waals surface area contributed by atoms with Crippen LogP contribution in [0, 0.1) is 12.8 Å². The highest BCUT2D eigenvalue weighted by Gasteiger charge is 2.47. The van der Waals surface area contributed by atoms with Crippen LogP contribution in [0.2, 0.25) is 0 Å². The van der Waals surface area contributed by atoms with Gasteiger partial charge >= 0.3 is 0 Å². The van der Waals surface area contributed by atoms with Crippen molar-refractivity contribution in [3.63, 3.8) is 0 Å². The molecule has 35 heavy (non-hydrogen) atoms. The molecule has 3 aromatic heterocycles. The van der Waals surface area contributed by atoms with Crippen LogP contribution in [0.3, 0.4) is 0 Å². The molecule has 1 aliphatic carbocycles. The van der Waals surface area contributed by atoms with E-state index in [1.54, 1.807) is 37.4 Å². The van der Waals surface area contributed by atoms with Crippen molar-refractivity contribution in [2.24, 2.45) is 5.92 Å². The molecule has 0 spiro atoms. The minimum absolute atomic E-state index is 0.0450. The number of aromatic nitrogens is 6. The number of aryl methyl sites for hydroxylation is 1. The van der Waals surface area contributed by atoms with E-state index < -0.39 is 0 Å². The maximum atomic E-state index is 12.0. The summed E-state index contributed by atoms with van der Waals surface area (Å²) in [6.45, 7) is 4.25. The Morgan fingerprint density at radius 2 is 1.91 bits per heavy atom. The van der Waals surface area contributed by atoms with Gasteiger partial charge in [-0.1, -0.05) is 29.4 Å². The molecule has 3 heterocycles. The zero-order valence-electron chi connectivity index (χ0n) is 20.3. The lowest BCUT2D eigenvalue weighted by Crippen LogP contribution is -2.28. The Morgan fingerprint density at radius 3 is 2.57 bits per heavy atom. The third kappa shape index (κ3) is 4.27. The van der Waals surface area contributed by atoms with Crippen molar-refractivity contribution < 1.29 is 9.32 Å². The van der Waals surface area contributed by atoms with Gasteiger partial charge in [0.15, 0.2) is 5.82 Å². The third-order valence-corrected chi connectivity index (χ3v) is 6.75. The molecule has 0 bridgehead atoms. The van der Waals surface area contributed by atoms with E-state index in [9.17, 15) is 4.79 Å². The molecule has 5 rings (SSSR count). The normalized spacial score (nSPS) is 15.1. The summed E-state index contributed by atoms with van der Waals surface area (Å²) in [5.74, 6) is 1.69. The van der Waals surface area contributed by atoms with Gasteiger partial charge in [-0.05, 0) is 43.7 Å². The fraction of sp³-hybridized carbons (Fsp3) is 0.360. The smallest absolute Gasteiger partial charge is 0.261 e. The van der Waals surface area contributed by atoms with Crippen LogP contribution in [0.1, 0.15) is 36.8 Å². The maximum Gasteiger partial charge on any atom is 0.261 e. The number of nitrogens with zero attached hydrogens (tertiary/aromatic N) is 7. The summed E-state index contributed by atoms with van der Waals surface area (Å²) in [5.41, 5.74) is 9.94. The van der Waals surface area contributed by atoms with Crippen LogP contribution < -0.4 is 5.73 Å². The van der Waals surface area contributed by atoms with E-state index in [1.165, 1.54) is 4.90 Å². The summed E-state index contributed by atoms with van der Waals surface area (Å²) in [7, 11) is 3.43. The Morgan fingerprint density at radius 1 is 1.17 bits per heavy atom. The number of amides is 1. The van der Waals surface area contributed by atoms with Crippen molar-refractivity contribution in [1.82, 2.24) is 34.8 Å². The largest absolute Gasteiger partial charge is 0.368 e. The Balaban J connectivity index is 1.42. The number of carbonyl (C=O) groups excluding carboxylic acids is 1. The summed E-state index contributed by atoms with van der Waals surface area (Å²) in [6, 6.07) is 8.38. The number of nitrogens with two attached hydrogens (primary N) is 1. The first kappa shape index (κ1) is 22.7. The lowest BCUT2D eigenvalue weighted by molar-refractivity contribution is -0.129. The number of hydrogen-bond donors (Lipinski definition) is 1. The van der Waals surface area contributed by atoms with Gasteiger partial charge in [0.2, 0.25) is 11.9 Å². The lowest BCUT2D eigenvalue weighted by Gasteiger charge is -2.27. The molecule has 1 atom stereocenters. The van der Waals surface area contributed by atoms with Crippen LogP contribution in [-0.4, -0.2) is 54.8 Å². The first-order valence-corrected chi connectivity index (χ1v) is 11.5. The molecule has 1 aliphatic rings. The summed E-state index contributed by atoms with van der Waals surface area (Å²) in [5, 5.41) is 8.64. The van der Waals surface area contributed by atoms with Crippen LogP contribution in [0.4, 0.5) is 5.95 Å². The molecule has 0 saturated heterocycles. The predicted octanol–water partition coefficient (Wildman–Crippen LogP) is 3.08. The fourth-order valence-electron chi connectivity index (χ4n) is 4.36. The molecule has 1 saturated carbocycles. The van der Waals surface area contributed by atoms with Crippen LogP contribution in [0.5, 0.6) is 0 Å². The standard InChI is InChI=1S/C25H28N8O2/c1-15-20(12-27-24(26)29-15)16-5-7-18(8-6-16)25(2,19-9-10-19)23-30-22(35-31-23)17-11-28-33(13-17)14-21(34)32(3)4/h5-8,11-13,19H,9-10,14H2,1-4H3,(H2,26,27,29)/t25-/m0/s1. The lowest BCUT2D eigenvalue weighted by atomic mass is 9.76. The second-order valence-electron chi connectivity index (χ2n) is 9.42. The van der Waals surface area contributed by atoms with Crippen LogP contribution in [0.25, 0.3) is 22.6 Å². The van der Waals surface area contributed by atoms with E-state index in [-0.39, 0.29) is 23.8 Å². The number of rotatable bonds is 7. The molecule has 1 aromatic carbocycles. The molecule has 180 valence electrons. The van der Waals surface area contributed by atoms with E-state index in [0.29, 0.717) is 23.2 Å². The molecule has 0 aliphatic heterocycles. The number of carbonyl (C=O) groups is 1. The van der Waals surface area contributed by atoms with Gasteiger partial charge in [0, 0.05) is 32.1 Å². The van der Waals surface area contributed by atoms with Gasteiger partial charge in [-0.3, -0.25) is 9.48 Å². The summed E-state index contributed by atoms with van der Waals surface area (Å²) in [6.07, 6.45) is 7.36. The minimum Gasteiger partial charge on any atom is -0.368 e. The SMILES string of the molecule is Cc1nc(N)ncc1-c1ccc([C@](C)(c2noc(-c3cnn(CC(=O)N(C)C)c3)n2)C2CC2)cc1. The van der Waals surface area contributed by atoms with E-state index in [0.717, 1.165) is 35.2 Å². The molecule has 10 nitrogen and oxygen atoms in total. The van der Waals surface area contributed by atoms with Gasteiger partial charge in [-0.15, -0.1) is 0 Å². The minimum atomic E-state index is -0.385. The Kier molecular flexibility index (Phi) is 5.58. The Hall–Kier alpha value is -4.08. The maximum absolute atomic E-state index is 12.0. The van der Waals surface area contributed by atoms with Crippen molar-refractivity contribution in [1.29, 1.82) is 0 Å². The zero-order valence-corrected chi connectivity index (χ0v) is 20.3. The quantitative estimate of drug-likeness (QED) is 0.434. The molecule has 4 aromatic rings. The van der Waals surface area contributed by atoms with E-state index >= 15 is 0 Å². The molecule has 10 heteroatoms.